The molecule has 3 heteroatoms. The predicted octanol–water partition coefficient (Wildman–Crippen LogP) is 2.41. The summed E-state index contributed by atoms with van der Waals surface area (Å²) in [6, 6.07) is 0. The van der Waals surface area contributed by atoms with Crippen molar-refractivity contribution in [1.29, 1.82) is 0 Å². The fourth-order valence-electron chi connectivity index (χ4n) is 1.30. The number of allylic oxidation sites excluding steroid dienone is 3. The zero-order valence-corrected chi connectivity index (χ0v) is 10.1. The average molecular weight is 291 g/mol. The van der Waals surface area contributed by atoms with Crippen LogP contribution in [0.5, 0.6) is 0 Å². The molecule has 1 aliphatic heterocycles. The summed E-state index contributed by atoms with van der Waals surface area (Å²) in [6.45, 7) is 4.22. The lowest BCUT2D eigenvalue weighted by Gasteiger charge is -2.02. The number of rotatable bonds is 2. The molecule has 1 fully saturated rings. The molecule has 72 valence electrons. The van der Waals surface area contributed by atoms with E-state index in [9.17, 15) is 4.79 Å². The van der Waals surface area contributed by atoms with Gasteiger partial charge in [-0.2, -0.15) is 0 Å². The van der Waals surface area contributed by atoms with Crippen molar-refractivity contribution in [3.63, 3.8) is 0 Å². The molecular weight excluding hydrogens is 277 g/mol. The molecule has 1 rings (SSSR count). The van der Waals surface area contributed by atoms with Crippen molar-refractivity contribution < 1.29 is 4.79 Å². The Labute approximate surface area is 92.6 Å². The lowest BCUT2D eigenvalue weighted by Crippen LogP contribution is -2.12. The minimum absolute atomic E-state index is 0.114. The minimum Gasteiger partial charge on any atom is -0.326 e. The number of hydrogen-bond donors (Lipinski definition) is 1. The molecule has 1 aliphatic rings. The van der Waals surface area contributed by atoms with E-state index in [0.29, 0.717) is 12.3 Å². The molecule has 13 heavy (non-hydrogen) atoms. The fraction of sp³-hybridized carbons (Fsp3) is 0.500. The van der Waals surface area contributed by atoms with E-state index >= 15 is 0 Å². The molecule has 0 atom stereocenters. The van der Waals surface area contributed by atoms with Crippen molar-refractivity contribution >= 4 is 28.5 Å². The Morgan fingerprint density at radius 3 is 2.85 bits per heavy atom. The van der Waals surface area contributed by atoms with E-state index in [1.165, 1.54) is 0 Å². The fourth-order valence-corrected chi connectivity index (χ4v) is 1.83. The second kappa shape index (κ2) is 4.79. The standard InChI is InChI=1S/C10H14INO/c1-7(2)5-9-8(3-4-11)6-10(13)12-9/h3,5,7H,4,6H2,1-2H3,(H,12,13)/b8-3-,9-5+. The highest BCUT2D eigenvalue weighted by Crippen LogP contribution is 2.20. The minimum atomic E-state index is 0.114. The van der Waals surface area contributed by atoms with E-state index in [2.05, 4.69) is 53.9 Å². The highest BCUT2D eigenvalue weighted by Gasteiger charge is 2.19. The third-order valence-electron chi connectivity index (χ3n) is 1.79. The molecule has 0 aliphatic carbocycles. The summed E-state index contributed by atoms with van der Waals surface area (Å²) in [5.41, 5.74) is 2.16. The molecule has 1 saturated heterocycles. The topological polar surface area (TPSA) is 29.1 Å². The Morgan fingerprint density at radius 2 is 2.31 bits per heavy atom. The van der Waals surface area contributed by atoms with E-state index in [-0.39, 0.29) is 5.91 Å². The van der Waals surface area contributed by atoms with Crippen molar-refractivity contribution in [3.8, 4) is 0 Å². The van der Waals surface area contributed by atoms with Crippen molar-refractivity contribution in [2.45, 2.75) is 20.3 Å². The maximum Gasteiger partial charge on any atom is 0.228 e. The molecule has 1 heterocycles. The first-order valence-electron chi connectivity index (χ1n) is 4.40. The largest absolute Gasteiger partial charge is 0.326 e. The van der Waals surface area contributed by atoms with E-state index in [1.807, 2.05) is 0 Å². The van der Waals surface area contributed by atoms with Crippen LogP contribution in [-0.2, 0) is 4.79 Å². The van der Waals surface area contributed by atoms with E-state index < -0.39 is 0 Å². The first-order chi connectivity index (χ1) is 6.13. The molecule has 1 N–H and O–H groups in total. The Morgan fingerprint density at radius 1 is 1.62 bits per heavy atom. The summed E-state index contributed by atoms with van der Waals surface area (Å²) < 4.78 is 0.956. The summed E-state index contributed by atoms with van der Waals surface area (Å²) in [4.78, 5) is 11.1. The summed E-state index contributed by atoms with van der Waals surface area (Å²) in [6.07, 6.45) is 4.75. The highest BCUT2D eigenvalue weighted by atomic mass is 127. The summed E-state index contributed by atoms with van der Waals surface area (Å²) in [7, 11) is 0. The van der Waals surface area contributed by atoms with Gasteiger partial charge in [0, 0.05) is 10.1 Å². The molecule has 0 aromatic rings. The van der Waals surface area contributed by atoms with E-state index in [1.54, 1.807) is 0 Å². The molecule has 2 nitrogen and oxygen atoms in total. The van der Waals surface area contributed by atoms with Crippen LogP contribution in [0.4, 0.5) is 0 Å². The van der Waals surface area contributed by atoms with Gasteiger partial charge in [0.15, 0.2) is 0 Å². The van der Waals surface area contributed by atoms with Gasteiger partial charge < -0.3 is 5.32 Å². The monoisotopic (exact) mass is 291 g/mol. The average Bonchev–Trinajstić information content (AvgIpc) is 2.31. The number of alkyl halides is 1. The third kappa shape index (κ3) is 3.14. The predicted molar refractivity (Wildman–Crippen MR) is 62.7 cm³/mol. The summed E-state index contributed by atoms with van der Waals surface area (Å²) >= 11 is 2.29. The van der Waals surface area contributed by atoms with Crippen molar-refractivity contribution in [2.75, 3.05) is 4.43 Å². The first-order valence-corrected chi connectivity index (χ1v) is 5.93. The van der Waals surface area contributed by atoms with E-state index in [4.69, 9.17) is 0 Å². The van der Waals surface area contributed by atoms with Gasteiger partial charge in [-0.05, 0) is 11.5 Å². The molecular formula is C10H14INO. The van der Waals surface area contributed by atoms with Crippen molar-refractivity contribution in [1.82, 2.24) is 5.32 Å². The normalized spacial score (nSPS) is 23.2. The van der Waals surface area contributed by atoms with Gasteiger partial charge in [-0.15, -0.1) is 0 Å². The Balaban J connectivity index is 2.84. The maximum atomic E-state index is 11.1. The SMILES string of the molecule is CC(C)/C=C1/NC(=O)C/C1=C/CI. The second-order valence-corrected chi connectivity index (χ2v) is 4.31. The van der Waals surface area contributed by atoms with Crippen LogP contribution in [0.3, 0.4) is 0 Å². The van der Waals surface area contributed by atoms with Crippen LogP contribution in [0.1, 0.15) is 20.3 Å². The Kier molecular flexibility index (Phi) is 3.96. The highest BCUT2D eigenvalue weighted by molar-refractivity contribution is 14.1. The van der Waals surface area contributed by atoms with Gasteiger partial charge in [0.2, 0.25) is 5.91 Å². The van der Waals surface area contributed by atoms with Crippen LogP contribution in [0, 0.1) is 5.92 Å². The zero-order chi connectivity index (χ0) is 9.84. The molecule has 0 spiro atoms. The molecule has 0 aromatic heterocycles. The lowest BCUT2D eigenvalue weighted by molar-refractivity contribution is -0.118. The molecule has 0 unspecified atom stereocenters. The number of nitrogens with one attached hydrogen (secondary N) is 1. The second-order valence-electron chi connectivity index (χ2n) is 3.43. The van der Waals surface area contributed by atoms with Crippen LogP contribution >= 0.6 is 22.6 Å². The van der Waals surface area contributed by atoms with Gasteiger partial charge in [0.05, 0.1) is 6.42 Å². The van der Waals surface area contributed by atoms with Crippen LogP contribution in [0.2, 0.25) is 0 Å². The van der Waals surface area contributed by atoms with Gasteiger partial charge in [0.1, 0.15) is 0 Å². The van der Waals surface area contributed by atoms with Gasteiger partial charge in [0.25, 0.3) is 0 Å². The zero-order valence-electron chi connectivity index (χ0n) is 7.93. The number of carbonyl (C=O) groups excluding carboxylic acids is 1. The molecule has 0 aromatic carbocycles. The molecule has 0 radical (unpaired) electrons. The number of hydrogen-bond acceptors (Lipinski definition) is 1. The quantitative estimate of drug-likeness (QED) is 0.614. The van der Waals surface area contributed by atoms with Crippen LogP contribution in [-0.4, -0.2) is 10.3 Å². The summed E-state index contributed by atoms with van der Waals surface area (Å²) in [5, 5.41) is 2.87. The number of halogens is 1. The lowest BCUT2D eigenvalue weighted by atomic mass is 10.1. The Hall–Kier alpha value is -0.320. The maximum absolute atomic E-state index is 11.1. The van der Waals surface area contributed by atoms with Gasteiger partial charge >= 0.3 is 0 Å². The molecule has 1 amide bonds. The van der Waals surface area contributed by atoms with Crippen molar-refractivity contribution in [3.05, 3.63) is 23.4 Å². The first kappa shape index (κ1) is 10.8. The molecule has 0 bridgehead atoms. The number of amides is 1. The smallest absolute Gasteiger partial charge is 0.228 e. The Bertz CT molecular complexity index is 266. The van der Waals surface area contributed by atoms with E-state index in [0.717, 1.165) is 15.7 Å². The van der Waals surface area contributed by atoms with Gasteiger partial charge in [-0.3, -0.25) is 4.79 Å². The van der Waals surface area contributed by atoms with Gasteiger partial charge in [-0.25, -0.2) is 0 Å². The van der Waals surface area contributed by atoms with Crippen LogP contribution in [0.15, 0.2) is 23.4 Å². The van der Waals surface area contributed by atoms with Gasteiger partial charge in [-0.1, -0.05) is 48.6 Å². The van der Waals surface area contributed by atoms with Crippen LogP contribution in [0.25, 0.3) is 0 Å². The molecule has 0 saturated carbocycles. The van der Waals surface area contributed by atoms with Crippen molar-refractivity contribution in [2.24, 2.45) is 5.92 Å². The summed E-state index contributed by atoms with van der Waals surface area (Å²) in [5.74, 6) is 0.592. The number of carbonyl (C=O) groups is 1. The third-order valence-corrected chi connectivity index (χ3v) is 2.23. The van der Waals surface area contributed by atoms with Crippen LogP contribution < -0.4 is 5.32 Å².